The number of benzene rings is 1. The van der Waals surface area contributed by atoms with Gasteiger partial charge in [0.1, 0.15) is 5.75 Å². The molecule has 0 unspecified atom stereocenters. The Morgan fingerprint density at radius 2 is 2.33 bits per heavy atom. The molecule has 0 atom stereocenters. The van der Waals surface area contributed by atoms with Gasteiger partial charge >= 0.3 is 6.09 Å². The first kappa shape index (κ1) is 12.6. The summed E-state index contributed by atoms with van der Waals surface area (Å²) in [5.41, 5.74) is 0.784. The number of nitrogens with zero attached hydrogens (tertiary/aromatic N) is 2. The van der Waals surface area contributed by atoms with Crippen LogP contribution in [0.3, 0.4) is 0 Å². The number of hydrogen-bond acceptors (Lipinski definition) is 4. The minimum atomic E-state index is -1.02. The third kappa shape index (κ3) is 2.53. The zero-order valence-corrected chi connectivity index (χ0v) is 11.0. The second kappa shape index (κ2) is 5.22. The Labute approximate surface area is 109 Å². The van der Waals surface area contributed by atoms with Gasteiger partial charge in [0.05, 0.1) is 16.8 Å². The Kier molecular flexibility index (Phi) is 3.66. The largest absolute Gasteiger partial charge is 0.494 e. The highest BCUT2D eigenvalue weighted by molar-refractivity contribution is 7.22. The van der Waals surface area contributed by atoms with Crippen molar-refractivity contribution in [3.63, 3.8) is 0 Å². The fraction of sp³-hybridized carbons (Fsp3) is 0.333. The zero-order valence-electron chi connectivity index (χ0n) is 10.2. The summed E-state index contributed by atoms with van der Waals surface area (Å²) in [7, 11) is 1.48. The maximum absolute atomic E-state index is 10.9. The number of fused-ring (bicyclic) bond motifs is 1. The number of rotatable bonds is 4. The number of aromatic nitrogens is 1. The molecule has 1 amide bonds. The van der Waals surface area contributed by atoms with Crippen LogP contribution in [-0.4, -0.2) is 29.8 Å². The van der Waals surface area contributed by atoms with Crippen LogP contribution in [0.4, 0.5) is 9.93 Å². The van der Waals surface area contributed by atoms with Gasteiger partial charge in [0.15, 0.2) is 5.13 Å². The normalized spacial score (nSPS) is 10.6. The summed E-state index contributed by atoms with van der Waals surface area (Å²) in [6.45, 7) is 2.72. The maximum Gasteiger partial charge on any atom is 0.413 e. The molecule has 1 N–H and O–H groups in total. The highest BCUT2D eigenvalue weighted by Gasteiger charge is 2.14. The molecule has 0 spiro atoms. The average molecular weight is 266 g/mol. The standard InChI is InChI=1S/C12H14N2O3S/c1-3-6-17-8-4-5-9-10(7-8)18-11(13-9)14(2)12(15)16/h4-5,7H,3,6H2,1-2H3,(H,15,16). The van der Waals surface area contributed by atoms with Gasteiger partial charge in [-0.05, 0) is 24.6 Å². The summed E-state index contributed by atoms with van der Waals surface area (Å²) in [6.07, 6.45) is -0.0650. The predicted molar refractivity (Wildman–Crippen MR) is 71.8 cm³/mol. The predicted octanol–water partition coefficient (Wildman–Crippen LogP) is 3.20. The molecule has 0 bridgehead atoms. The molecule has 2 aromatic rings. The van der Waals surface area contributed by atoms with E-state index in [0.717, 1.165) is 27.3 Å². The molecule has 1 aromatic carbocycles. The van der Waals surface area contributed by atoms with Gasteiger partial charge < -0.3 is 9.84 Å². The molecule has 0 saturated carbocycles. The molecule has 0 fully saturated rings. The number of anilines is 1. The van der Waals surface area contributed by atoms with E-state index in [1.54, 1.807) is 0 Å². The van der Waals surface area contributed by atoms with E-state index in [-0.39, 0.29) is 0 Å². The summed E-state index contributed by atoms with van der Waals surface area (Å²) >= 11 is 1.34. The molecule has 2 rings (SSSR count). The molecule has 18 heavy (non-hydrogen) atoms. The van der Waals surface area contributed by atoms with Gasteiger partial charge in [0.2, 0.25) is 0 Å². The van der Waals surface area contributed by atoms with Crippen molar-refractivity contribution < 1.29 is 14.6 Å². The minimum absolute atomic E-state index is 0.463. The van der Waals surface area contributed by atoms with E-state index in [1.165, 1.54) is 18.4 Å². The lowest BCUT2D eigenvalue weighted by atomic mass is 10.3. The molecule has 0 aliphatic carbocycles. The Morgan fingerprint density at radius 1 is 1.56 bits per heavy atom. The van der Waals surface area contributed by atoms with Crippen molar-refractivity contribution in [2.45, 2.75) is 13.3 Å². The first-order chi connectivity index (χ1) is 8.61. The van der Waals surface area contributed by atoms with E-state index in [1.807, 2.05) is 25.1 Å². The highest BCUT2D eigenvalue weighted by Crippen LogP contribution is 2.30. The lowest BCUT2D eigenvalue weighted by Crippen LogP contribution is -2.23. The number of carboxylic acid groups (broad SMARTS) is 1. The topological polar surface area (TPSA) is 62.7 Å². The first-order valence-electron chi connectivity index (χ1n) is 5.62. The van der Waals surface area contributed by atoms with Crippen molar-refractivity contribution >= 4 is 32.8 Å². The van der Waals surface area contributed by atoms with Crippen molar-refractivity contribution in [3.05, 3.63) is 18.2 Å². The van der Waals surface area contributed by atoms with Crippen molar-refractivity contribution in [1.29, 1.82) is 0 Å². The van der Waals surface area contributed by atoms with Crippen LogP contribution in [0, 0.1) is 0 Å². The van der Waals surface area contributed by atoms with Crippen LogP contribution in [0.15, 0.2) is 18.2 Å². The zero-order chi connectivity index (χ0) is 13.1. The number of ether oxygens (including phenoxy) is 1. The van der Waals surface area contributed by atoms with Crippen LogP contribution in [0.25, 0.3) is 10.2 Å². The monoisotopic (exact) mass is 266 g/mol. The van der Waals surface area contributed by atoms with Crippen LogP contribution in [0.1, 0.15) is 13.3 Å². The quantitative estimate of drug-likeness (QED) is 0.923. The summed E-state index contributed by atoms with van der Waals surface area (Å²) in [5, 5.41) is 9.36. The van der Waals surface area contributed by atoms with Crippen molar-refractivity contribution in [3.8, 4) is 5.75 Å². The van der Waals surface area contributed by atoms with Gasteiger partial charge in [-0.25, -0.2) is 9.78 Å². The van der Waals surface area contributed by atoms with E-state index in [4.69, 9.17) is 9.84 Å². The second-order valence-corrected chi connectivity index (χ2v) is 4.83. The van der Waals surface area contributed by atoms with Crippen molar-refractivity contribution in [2.75, 3.05) is 18.6 Å². The fourth-order valence-corrected chi connectivity index (χ4v) is 2.38. The van der Waals surface area contributed by atoms with E-state index in [9.17, 15) is 4.79 Å². The number of hydrogen-bond donors (Lipinski definition) is 1. The molecule has 0 radical (unpaired) electrons. The third-order valence-electron chi connectivity index (χ3n) is 2.40. The minimum Gasteiger partial charge on any atom is -0.494 e. The molecule has 0 saturated heterocycles. The molecule has 0 aliphatic heterocycles. The lowest BCUT2D eigenvalue weighted by Gasteiger charge is -2.06. The second-order valence-electron chi connectivity index (χ2n) is 3.82. The number of carbonyl (C=O) groups is 1. The van der Waals surface area contributed by atoms with Crippen LogP contribution in [0.2, 0.25) is 0 Å². The van der Waals surface area contributed by atoms with E-state index < -0.39 is 6.09 Å². The third-order valence-corrected chi connectivity index (χ3v) is 3.49. The smallest absolute Gasteiger partial charge is 0.413 e. The average Bonchev–Trinajstić information content (AvgIpc) is 2.77. The SMILES string of the molecule is CCCOc1ccc2nc(N(C)C(=O)O)sc2c1. The van der Waals surface area contributed by atoms with Crippen molar-refractivity contribution in [2.24, 2.45) is 0 Å². The van der Waals surface area contributed by atoms with E-state index >= 15 is 0 Å². The Balaban J connectivity index is 2.30. The van der Waals surface area contributed by atoms with Crippen LogP contribution < -0.4 is 9.64 Å². The Morgan fingerprint density at radius 3 is 3.00 bits per heavy atom. The molecule has 0 aliphatic rings. The Hall–Kier alpha value is -1.82. The van der Waals surface area contributed by atoms with Crippen LogP contribution >= 0.6 is 11.3 Å². The van der Waals surface area contributed by atoms with Gasteiger partial charge in [-0.2, -0.15) is 0 Å². The van der Waals surface area contributed by atoms with E-state index in [0.29, 0.717) is 11.7 Å². The molecule has 1 aromatic heterocycles. The summed E-state index contributed by atoms with van der Waals surface area (Å²) < 4.78 is 6.45. The molecular weight excluding hydrogens is 252 g/mol. The number of amides is 1. The van der Waals surface area contributed by atoms with Gasteiger partial charge in [-0.3, -0.25) is 4.90 Å². The maximum atomic E-state index is 10.9. The Bertz CT molecular complexity index is 567. The highest BCUT2D eigenvalue weighted by atomic mass is 32.1. The van der Waals surface area contributed by atoms with Crippen molar-refractivity contribution in [1.82, 2.24) is 4.98 Å². The molecule has 96 valence electrons. The molecule has 6 heteroatoms. The summed E-state index contributed by atoms with van der Waals surface area (Å²) in [6, 6.07) is 5.58. The molecular formula is C12H14N2O3S. The van der Waals surface area contributed by atoms with Gasteiger partial charge in [0.25, 0.3) is 0 Å². The van der Waals surface area contributed by atoms with Gasteiger partial charge in [-0.1, -0.05) is 18.3 Å². The fourth-order valence-electron chi connectivity index (χ4n) is 1.43. The van der Waals surface area contributed by atoms with Crippen LogP contribution in [0.5, 0.6) is 5.75 Å². The first-order valence-corrected chi connectivity index (χ1v) is 6.43. The molecule has 1 heterocycles. The van der Waals surface area contributed by atoms with Crippen LogP contribution in [-0.2, 0) is 0 Å². The summed E-state index contributed by atoms with van der Waals surface area (Å²) in [5.74, 6) is 0.789. The van der Waals surface area contributed by atoms with Gasteiger partial charge in [-0.15, -0.1) is 0 Å². The lowest BCUT2D eigenvalue weighted by molar-refractivity contribution is 0.203. The van der Waals surface area contributed by atoms with Gasteiger partial charge in [0, 0.05) is 7.05 Å². The summed E-state index contributed by atoms with van der Waals surface area (Å²) in [4.78, 5) is 16.2. The number of thiazole rings is 1. The van der Waals surface area contributed by atoms with E-state index in [2.05, 4.69) is 4.98 Å². The molecule has 5 nitrogen and oxygen atoms in total.